The SMILES string of the molecule is CC(C#N)(NC(=O)CN1CC(O)(C2CC2)C1)C1CC1. The van der Waals surface area contributed by atoms with Gasteiger partial charge in [0.25, 0.3) is 0 Å². The van der Waals surface area contributed by atoms with Gasteiger partial charge in [-0.2, -0.15) is 5.26 Å². The number of carbonyl (C=O) groups excluding carboxylic acids is 1. The number of amides is 1. The molecule has 2 N–H and O–H groups in total. The van der Waals surface area contributed by atoms with Gasteiger partial charge in [0.15, 0.2) is 0 Å². The topological polar surface area (TPSA) is 76.4 Å². The second kappa shape index (κ2) is 4.19. The molecule has 3 fully saturated rings. The number of rotatable bonds is 5. The zero-order valence-electron chi connectivity index (χ0n) is 11.4. The maximum Gasteiger partial charge on any atom is 0.235 e. The van der Waals surface area contributed by atoms with E-state index in [2.05, 4.69) is 11.4 Å². The Kier molecular flexibility index (Phi) is 2.84. The van der Waals surface area contributed by atoms with Gasteiger partial charge in [-0.15, -0.1) is 0 Å². The van der Waals surface area contributed by atoms with Crippen LogP contribution < -0.4 is 5.32 Å². The first kappa shape index (κ1) is 12.9. The summed E-state index contributed by atoms with van der Waals surface area (Å²) in [4.78, 5) is 13.9. The van der Waals surface area contributed by atoms with E-state index >= 15 is 0 Å². The Morgan fingerprint density at radius 3 is 2.58 bits per heavy atom. The molecule has 1 amide bonds. The fraction of sp³-hybridized carbons (Fsp3) is 0.857. The molecular weight excluding hydrogens is 242 g/mol. The number of carbonyl (C=O) groups is 1. The summed E-state index contributed by atoms with van der Waals surface area (Å²) in [5.41, 5.74) is -1.26. The van der Waals surface area contributed by atoms with Gasteiger partial charge in [-0.1, -0.05) is 0 Å². The van der Waals surface area contributed by atoms with Crippen LogP contribution in [0.25, 0.3) is 0 Å². The molecule has 0 aromatic heterocycles. The number of likely N-dealkylation sites (tertiary alicyclic amines) is 1. The number of nitriles is 1. The van der Waals surface area contributed by atoms with E-state index < -0.39 is 11.1 Å². The minimum atomic E-state index is -0.714. The largest absolute Gasteiger partial charge is 0.387 e. The molecule has 1 unspecified atom stereocenters. The second-order valence-corrected chi connectivity index (χ2v) is 6.66. The first-order chi connectivity index (χ1) is 8.95. The molecule has 0 spiro atoms. The lowest BCUT2D eigenvalue weighted by Gasteiger charge is -2.46. The molecule has 3 rings (SSSR count). The summed E-state index contributed by atoms with van der Waals surface area (Å²) >= 11 is 0. The highest BCUT2D eigenvalue weighted by Gasteiger charge is 2.52. The zero-order chi connectivity index (χ0) is 13.7. The van der Waals surface area contributed by atoms with Crippen LogP contribution in [0.4, 0.5) is 0 Å². The molecule has 0 aromatic carbocycles. The minimum Gasteiger partial charge on any atom is -0.387 e. The lowest BCUT2D eigenvalue weighted by Crippen LogP contribution is -2.65. The summed E-state index contributed by atoms with van der Waals surface area (Å²) in [6, 6.07) is 2.23. The third-order valence-corrected chi connectivity index (χ3v) is 4.72. The number of nitrogens with one attached hydrogen (secondary N) is 1. The lowest BCUT2D eigenvalue weighted by molar-refractivity contribution is -0.137. The summed E-state index contributed by atoms with van der Waals surface area (Å²) in [5.74, 6) is 0.651. The monoisotopic (exact) mass is 263 g/mol. The molecule has 1 atom stereocenters. The van der Waals surface area contributed by atoms with Crippen molar-refractivity contribution in [2.75, 3.05) is 19.6 Å². The third kappa shape index (κ3) is 2.47. The van der Waals surface area contributed by atoms with Crippen molar-refractivity contribution < 1.29 is 9.90 Å². The minimum absolute atomic E-state index is 0.103. The van der Waals surface area contributed by atoms with Crippen molar-refractivity contribution in [3.8, 4) is 6.07 Å². The molecular formula is C14H21N3O2. The molecule has 0 radical (unpaired) electrons. The quantitative estimate of drug-likeness (QED) is 0.745. The van der Waals surface area contributed by atoms with Crippen molar-refractivity contribution in [3.63, 3.8) is 0 Å². The van der Waals surface area contributed by atoms with Gasteiger partial charge in [-0.3, -0.25) is 9.69 Å². The van der Waals surface area contributed by atoms with Crippen LogP contribution in [0.15, 0.2) is 0 Å². The number of aliphatic hydroxyl groups is 1. The van der Waals surface area contributed by atoms with Crippen LogP contribution in [0.3, 0.4) is 0 Å². The van der Waals surface area contributed by atoms with Crippen LogP contribution in [0.2, 0.25) is 0 Å². The van der Waals surface area contributed by atoms with E-state index in [0.29, 0.717) is 31.5 Å². The Morgan fingerprint density at radius 1 is 1.47 bits per heavy atom. The third-order valence-electron chi connectivity index (χ3n) is 4.72. The normalized spacial score (nSPS) is 28.9. The lowest BCUT2D eigenvalue weighted by atomic mass is 9.88. The Labute approximate surface area is 113 Å². The summed E-state index contributed by atoms with van der Waals surface area (Å²) in [6.45, 7) is 3.29. The summed E-state index contributed by atoms with van der Waals surface area (Å²) < 4.78 is 0. The average Bonchev–Trinajstić information content (AvgIpc) is 3.17. The van der Waals surface area contributed by atoms with Crippen molar-refractivity contribution in [2.45, 2.75) is 43.7 Å². The molecule has 0 aromatic rings. The fourth-order valence-electron chi connectivity index (χ4n) is 3.13. The summed E-state index contributed by atoms with van der Waals surface area (Å²) in [5, 5.41) is 22.2. The molecule has 3 aliphatic rings. The second-order valence-electron chi connectivity index (χ2n) is 6.66. The predicted octanol–water partition coefficient (Wildman–Crippen LogP) is 0.252. The maximum absolute atomic E-state index is 12.0. The van der Waals surface area contributed by atoms with Crippen LogP contribution in [0.5, 0.6) is 0 Å². The van der Waals surface area contributed by atoms with Crippen LogP contribution in [-0.4, -0.2) is 46.7 Å². The molecule has 0 bridgehead atoms. The summed E-state index contributed by atoms with van der Waals surface area (Å²) in [7, 11) is 0. The number of hydrogen-bond donors (Lipinski definition) is 2. The van der Waals surface area contributed by atoms with E-state index in [1.807, 2.05) is 4.90 Å². The number of nitrogens with zero attached hydrogens (tertiary/aromatic N) is 2. The van der Waals surface area contributed by atoms with Gasteiger partial charge in [-0.25, -0.2) is 0 Å². The predicted molar refractivity (Wildman–Crippen MR) is 69.0 cm³/mol. The van der Waals surface area contributed by atoms with Crippen LogP contribution in [0.1, 0.15) is 32.6 Å². The van der Waals surface area contributed by atoms with Crippen LogP contribution in [-0.2, 0) is 4.79 Å². The molecule has 5 nitrogen and oxygen atoms in total. The van der Waals surface area contributed by atoms with E-state index in [1.165, 1.54) is 0 Å². The fourth-order valence-corrected chi connectivity index (χ4v) is 3.13. The van der Waals surface area contributed by atoms with E-state index in [-0.39, 0.29) is 5.91 Å². The first-order valence-corrected chi connectivity index (χ1v) is 7.12. The molecule has 104 valence electrons. The first-order valence-electron chi connectivity index (χ1n) is 7.12. The smallest absolute Gasteiger partial charge is 0.235 e. The van der Waals surface area contributed by atoms with Gasteiger partial charge >= 0.3 is 0 Å². The van der Waals surface area contributed by atoms with Gasteiger partial charge in [0.05, 0.1) is 18.2 Å². The van der Waals surface area contributed by atoms with Gasteiger partial charge in [0.2, 0.25) is 5.91 Å². The highest BCUT2D eigenvalue weighted by atomic mass is 16.3. The van der Waals surface area contributed by atoms with Crippen molar-refractivity contribution in [2.24, 2.45) is 11.8 Å². The molecule has 2 saturated carbocycles. The van der Waals surface area contributed by atoms with Gasteiger partial charge in [0, 0.05) is 13.1 Å². The van der Waals surface area contributed by atoms with Gasteiger partial charge in [-0.05, 0) is 44.4 Å². The van der Waals surface area contributed by atoms with Crippen LogP contribution >= 0.6 is 0 Å². The van der Waals surface area contributed by atoms with E-state index in [4.69, 9.17) is 0 Å². The van der Waals surface area contributed by atoms with Crippen molar-refractivity contribution in [3.05, 3.63) is 0 Å². The van der Waals surface area contributed by atoms with Gasteiger partial charge in [0.1, 0.15) is 5.54 Å². The highest BCUT2D eigenvalue weighted by molar-refractivity contribution is 5.79. The van der Waals surface area contributed by atoms with Crippen molar-refractivity contribution in [1.29, 1.82) is 5.26 Å². The zero-order valence-corrected chi connectivity index (χ0v) is 11.4. The molecule has 19 heavy (non-hydrogen) atoms. The Morgan fingerprint density at radius 2 is 2.11 bits per heavy atom. The molecule has 1 saturated heterocycles. The van der Waals surface area contributed by atoms with Crippen molar-refractivity contribution in [1.82, 2.24) is 10.2 Å². The standard InChI is InChI=1S/C14H21N3O2/c1-13(7-15,10-2-3-10)16-12(18)6-17-8-14(19,9-17)11-4-5-11/h10-11,19H,2-6,8-9H2,1H3,(H,16,18). The van der Waals surface area contributed by atoms with E-state index in [1.54, 1.807) is 6.92 Å². The van der Waals surface area contributed by atoms with Crippen molar-refractivity contribution >= 4 is 5.91 Å². The Bertz CT molecular complexity index is 430. The number of hydrogen-bond acceptors (Lipinski definition) is 4. The highest BCUT2D eigenvalue weighted by Crippen LogP contribution is 2.44. The average molecular weight is 263 g/mol. The Balaban J connectivity index is 1.46. The molecule has 1 heterocycles. The maximum atomic E-state index is 12.0. The molecule has 2 aliphatic carbocycles. The molecule has 1 aliphatic heterocycles. The number of β-amino-alcohol motifs (C(OH)–C–C–N with tert-alkyl or cyclic N) is 1. The molecule has 5 heteroatoms. The van der Waals surface area contributed by atoms with E-state index in [9.17, 15) is 15.2 Å². The van der Waals surface area contributed by atoms with Crippen LogP contribution in [0, 0.1) is 23.2 Å². The summed E-state index contributed by atoms with van der Waals surface area (Å²) in [6.07, 6.45) is 4.28. The van der Waals surface area contributed by atoms with E-state index in [0.717, 1.165) is 25.7 Å². The Hall–Kier alpha value is -1.12. The van der Waals surface area contributed by atoms with Gasteiger partial charge < -0.3 is 10.4 Å².